The highest BCUT2D eigenvalue weighted by Gasteiger charge is 2.45. The molecule has 96 valence electrons. The van der Waals surface area contributed by atoms with E-state index < -0.39 is 0 Å². The van der Waals surface area contributed by atoms with E-state index in [4.69, 9.17) is 0 Å². The monoisotopic (exact) mass is 254 g/mol. The number of hydrogen-bond acceptors (Lipinski definition) is 3. The number of phenolic OH excluding ortho intramolecular Hbond substituents is 2. The molecule has 3 rings (SSSR count). The van der Waals surface area contributed by atoms with Crippen molar-refractivity contribution in [3.63, 3.8) is 0 Å². The Hall–Kier alpha value is -2.29. The second-order valence-corrected chi connectivity index (χ2v) is 4.89. The van der Waals surface area contributed by atoms with Gasteiger partial charge in [0.05, 0.1) is 5.56 Å². The van der Waals surface area contributed by atoms with Crippen LogP contribution in [0.4, 0.5) is 0 Å². The molecule has 0 heterocycles. The molecule has 0 amide bonds. The molecule has 0 aliphatic heterocycles. The molecule has 0 radical (unpaired) electrons. The fourth-order valence-corrected chi connectivity index (χ4v) is 2.51. The van der Waals surface area contributed by atoms with Gasteiger partial charge in [-0.1, -0.05) is 30.3 Å². The van der Waals surface area contributed by atoms with Crippen LogP contribution >= 0.6 is 0 Å². The van der Waals surface area contributed by atoms with Crippen LogP contribution in [0, 0.1) is 5.92 Å². The van der Waals surface area contributed by atoms with Gasteiger partial charge in [0.25, 0.3) is 0 Å². The van der Waals surface area contributed by atoms with Crippen LogP contribution < -0.4 is 0 Å². The van der Waals surface area contributed by atoms with E-state index in [9.17, 15) is 15.0 Å². The van der Waals surface area contributed by atoms with Crippen molar-refractivity contribution in [3.05, 3.63) is 59.7 Å². The molecule has 1 aliphatic carbocycles. The molecular weight excluding hydrogens is 240 g/mol. The van der Waals surface area contributed by atoms with Crippen LogP contribution in [-0.2, 0) is 0 Å². The Bertz CT molecular complexity index is 633. The first-order valence-corrected chi connectivity index (χ1v) is 6.28. The molecule has 1 fully saturated rings. The predicted octanol–water partition coefficient (Wildman–Crippen LogP) is 3.08. The first-order chi connectivity index (χ1) is 9.18. The Morgan fingerprint density at radius 2 is 1.58 bits per heavy atom. The van der Waals surface area contributed by atoms with Gasteiger partial charge in [0, 0.05) is 5.92 Å². The summed E-state index contributed by atoms with van der Waals surface area (Å²) >= 11 is 0. The Morgan fingerprint density at radius 3 is 2.26 bits per heavy atom. The molecular formula is C16H14O3. The molecule has 0 aromatic heterocycles. The highest BCUT2D eigenvalue weighted by Crippen LogP contribution is 2.52. The fourth-order valence-electron chi connectivity index (χ4n) is 2.51. The van der Waals surface area contributed by atoms with Gasteiger partial charge in [0.2, 0.25) is 0 Å². The average molecular weight is 254 g/mol. The predicted molar refractivity (Wildman–Crippen MR) is 71.4 cm³/mol. The number of benzene rings is 2. The van der Waals surface area contributed by atoms with Crippen LogP contribution in [0.1, 0.15) is 28.3 Å². The number of ketones is 1. The van der Waals surface area contributed by atoms with Gasteiger partial charge in [0.1, 0.15) is 11.5 Å². The number of phenols is 2. The first-order valence-electron chi connectivity index (χ1n) is 6.28. The van der Waals surface area contributed by atoms with E-state index in [1.54, 1.807) is 30.3 Å². The zero-order valence-corrected chi connectivity index (χ0v) is 10.3. The van der Waals surface area contributed by atoms with Crippen molar-refractivity contribution in [2.75, 3.05) is 0 Å². The molecule has 0 saturated heterocycles. The zero-order valence-electron chi connectivity index (χ0n) is 10.3. The molecule has 0 bridgehead atoms. The summed E-state index contributed by atoms with van der Waals surface area (Å²) < 4.78 is 0. The smallest absolute Gasteiger partial charge is 0.170 e. The van der Waals surface area contributed by atoms with E-state index in [0.717, 1.165) is 12.0 Å². The van der Waals surface area contributed by atoms with Gasteiger partial charge in [0.15, 0.2) is 5.78 Å². The topological polar surface area (TPSA) is 57.5 Å². The molecule has 1 aliphatic rings. The summed E-state index contributed by atoms with van der Waals surface area (Å²) in [6.45, 7) is 0. The maximum absolute atomic E-state index is 12.3. The molecule has 2 N–H and O–H groups in total. The second-order valence-electron chi connectivity index (χ2n) is 4.89. The quantitative estimate of drug-likeness (QED) is 0.827. The lowest BCUT2D eigenvalue weighted by Gasteiger charge is -2.04. The van der Waals surface area contributed by atoms with Gasteiger partial charge < -0.3 is 10.2 Å². The van der Waals surface area contributed by atoms with Crippen LogP contribution in [0.25, 0.3) is 0 Å². The number of rotatable bonds is 3. The van der Waals surface area contributed by atoms with Gasteiger partial charge in [-0.3, -0.25) is 4.79 Å². The lowest BCUT2D eigenvalue weighted by molar-refractivity contribution is 0.0962. The Kier molecular flexibility index (Phi) is 2.75. The first kappa shape index (κ1) is 11.8. The lowest BCUT2D eigenvalue weighted by Crippen LogP contribution is -2.03. The summed E-state index contributed by atoms with van der Waals surface area (Å²) in [5.41, 5.74) is 1.18. The molecule has 2 aromatic carbocycles. The minimum atomic E-state index is -0.137. The van der Waals surface area contributed by atoms with Crippen molar-refractivity contribution in [3.8, 4) is 11.5 Å². The minimum absolute atomic E-state index is 0.0235. The molecule has 3 nitrogen and oxygen atoms in total. The molecule has 0 spiro atoms. The number of carbonyl (C=O) groups is 1. The van der Waals surface area contributed by atoms with E-state index >= 15 is 0 Å². The van der Waals surface area contributed by atoms with Crippen LogP contribution in [0.2, 0.25) is 0 Å². The molecule has 2 aromatic rings. The maximum Gasteiger partial charge on any atom is 0.170 e. The number of para-hydroxylation sites is 2. The summed E-state index contributed by atoms with van der Waals surface area (Å²) in [7, 11) is 0. The summed E-state index contributed by atoms with van der Waals surface area (Å²) in [5, 5.41) is 19.5. The Labute approximate surface area is 111 Å². The van der Waals surface area contributed by atoms with Crippen LogP contribution in [0.5, 0.6) is 11.5 Å². The van der Waals surface area contributed by atoms with Crippen LogP contribution in [0.3, 0.4) is 0 Å². The third-order valence-corrected chi connectivity index (χ3v) is 3.63. The van der Waals surface area contributed by atoms with E-state index in [1.807, 2.05) is 12.1 Å². The second kappa shape index (κ2) is 4.43. The standard InChI is InChI=1S/C16H14O3/c17-14-7-3-1-5-10(14)12-9-13(12)16(19)11-6-2-4-8-15(11)18/h1-8,12-13,17-18H,9H2. The summed E-state index contributed by atoms with van der Waals surface area (Å²) in [4.78, 5) is 12.3. The van der Waals surface area contributed by atoms with Crippen molar-refractivity contribution in [1.82, 2.24) is 0 Å². The largest absolute Gasteiger partial charge is 0.508 e. The normalized spacial score (nSPS) is 21.1. The van der Waals surface area contributed by atoms with E-state index in [2.05, 4.69) is 0 Å². The highest BCUT2D eigenvalue weighted by molar-refractivity contribution is 6.02. The Balaban J connectivity index is 1.83. The number of hydrogen-bond donors (Lipinski definition) is 2. The van der Waals surface area contributed by atoms with Crippen molar-refractivity contribution in [2.45, 2.75) is 12.3 Å². The average Bonchev–Trinajstić information content (AvgIpc) is 3.19. The summed E-state index contributed by atoms with van der Waals surface area (Å²) in [5.74, 6) is 0.136. The molecule has 3 heteroatoms. The van der Waals surface area contributed by atoms with Crippen LogP contribution in [-0.4, -0.2) is 16.0 Å². The summed E-state index contributed by atoms with van der Waals surface area (Å²) in [6, 6.07) is 13.7. The molecule has 2 atom stereocenters. The van der Waals surface area contributed by atoms with Crippen LogP contribution in [0.15, 0.2) is 48.5 Å². The third kappa shape index (κ3) is 2.08. The number of aromatic hydroxyl groups is 2. The number of Topliss-reactive ketones (excluding diaryl/α,β-unsaturated/α-hetero) is 1. The minimum Gasteiger partial charge on any atom is -0.508 e. The Morgan fingerprint density at radius 1 is 0.947 bits per heavy atom. The van der Waals surface area contributed by atoms with Crippen molar-refractivity contribution < 1.29 is 15.0 Å². The lowest BCUT2D eigenvalue weighted by atomic mass is 10.0. The van der Waals surface area contributed by atoms with E-state index in [1.165, 1.54) is 6.07 Å². The fraction of sp³-hybridized carbons (Fsp3) is 0.188. The van der Waals surface area contributed by atoms with Gasteiger partial charge >= 0.3 is 0 Å². The van der Waals surface area contributed by atoms with Crippen molar-refractivity contribution in [2.24, 2.45) is 5.92 Å². The molecule has 1 saturated carbocycles. The zero-order chi connectivity index (χ0) is 13.4. The van der Waals surface area contributed by atoms with Crippen molar-refractivity contribution >= 4 is 5.78 Å². The van der Waals surface area contributed by atoms with E-state index in [0.29, 0.717) is 5.56 Å². The maximum atomic E-state index is 12.3. The highest BCUT2D eigenvalue weighted by atomic mass is 16.3. The van der Waals surface area contributed by atoms with Gasteiger partial charge in [-0.05, 0) is 36.1 Å². The SMILES string of the molecule is O=C(c1ccccc1O)C1CC1c1ccccc1O. The van der Waals surface area contributed by atoms with E-state index in [-0.39, 0.29) is 29.1 Å². The third-order valence-electron chi connectivity index (χ3n) is 3.63. The van der Waals surface area contributed by atoms with Gasteiger partial charge in [-0.15, -0.1) is 0 Å². The number of carbonyl (C=O) groups excluding carboxylic acids is 1. The van der Waals surface area contributed by atoms with Gasteiger partial charge in [-0.25, -0.2) is 0 Å². The summed E-state index contributed by atoms with van der Waals surface area (Å²) in [6.07, 6.45) is 0.727. The van der Waals surface area contributed by atoms with Crippen molar-refractivity contribution in [1.29, 1.82) is 0 Å². The molecule has 2 unspecified atom stereocenters. The van der Waals surface area contributed by atoms with Gasteiger partial charge in [-0.2, -0.15) is 0 Å². The molecule has 19 heavy (non-hydrogen) atoms.